The number of nitrogens with one attached hydrogen (secondary N) is 2. The lowest BCUT2D eigenvalue weighted by molar-refractivity contribution is -0.156. The van der Waals surface area contributed by atoms with E-state index in [-0.39, 0.29) is 0 Å². The van der Waals surface area contributed by atoms with Gasteiger partial charge in [0.15, 0.2) is 6.10 Å². The van der Waals surface area contributed by atoms with E-state index in [4.69, 9.17) is 4.74 Å². The van der Waals surface area contributed by atoms with Crippen molar-refractivity contribution in [3.63, 3.8) is 0 Å². The number of amides is 4. The van der Waals surface area contributed by atoms with Crippen LogP contribution in [0.1, 0.15) is 51.5 Å². The van der Waals surface area contributed by atoms with E-state index >= 15 is 0 Å². The Hall–Kier alpha value is -3.16. The van der Waals surface area contributed by atoms with Crippen molar-refractivity contribution in [1.29, 1.82) is 0 Å². The summed E-state index contributed by atoms with van der Waals surface area (Å²) in [5.41, 5.74) is 0.705. The molecule has 31 heavy (non-hydrogen) atoms. The lowest BCUT2D eigenvalue weighted by Gasteiger charge is -2.22. The van der Waals surface area contributed by atoms with Crippen molar-refractivity contribution >= 4 is 23.8 Å². The summed E-state index contributed by atoms with van der Waals surface area (Å²) in [7, 11) is 0. The molecule has 1 aromatic rings. The minimum atomic E-state index is -1.25. The van der Waals surface area contributed by atoms with Gasteiger partial charge < -0.3 is 15.4 Å². The molecule has 1 aliphatic heterocycles. The number of esters is 1. The Labute approximate surface area is 182 Å². The molecule has 4 amide bonds. The van der Waals surface area contributed by atoms with E-state index in [1.807, 2.05) is 6.07 Å². The van der Waals surface area contributed by atoms with Gasteiger partial charge in [0.05, 0.1) is 0 Å². The van der Waals surface area contributed by atoms with Gasteiger partial charge in [-0.2, -0.15) is 0 Å². The largest absolute Gasteiger partial charge is 0.451 e. The van der Waals surface area contributed by atoms with Gasteiger partial charge in [-0.3, -0.25) is 19.3 Å². The molecule has 8 nitrogen and oxygen atoms in total. The molecule has 1 aromatic carbocycles. The maximum absolute atomic E-state index is 12.8. The van der Waals surface area contributed by atoms with Crippen molar-refractivity contribution in [2.45, 2.75) is 57.6 Å². The lowest BCUT2D eigenvalue weighted by atomic mass is 9.92. The van der Waals surface area contributed by atoms with Gasteiger partial charge in [-0.25, -0.2) is 4.79 Å². The second-order valence-electron chi connectivity index (χ2n) is 8.09. The van der Waals surface area contributed by atoms with E-state index in [1.165, 1.54) is 25.3 Å². The average Bonchev–Trinajstić information content (AvgIpc) is 2.99. The zero-order valence-electron chi connectivity index (χ0n) is 18.0. The number of hydrogen-bond acceptors (Lipinski definition) is 5. The molecule has 0 unspecified atom stereocenters. The Morgan fingerprint density at radius 2 is 1.97 bits per heavy atom. The third-order valence-electron chi connectivity index (χ3n) is 5.72. The number of ether oxygens (including phenoxy) is 1. The lowest BCUT2D eigenvalue weighted by Crippen LogP contribution is -2.42. The predicted octanol–water partition coefficient (Wildman–Crippen LogP) is 2.39. The van der Waals surface area contributed by atoms with Crippen LogP contribution in [-0.2, 0) is 24.7 Å². The van der Waals surface area contributed by atoms with Crippen LogP contribution >= 0.6 is 0 Å². The molecule has 2 atom stereocenters. The summed E-state index contributed by atoms with van der Waals surface area (Å²) in [5, 5.41) is 5.40. The molecule has 3 rings (SSSR count). The van der Waals surface area contributed by atoms with E-state index in [0.717, 1.165) is 24.2 Å². The normalized spacial score (nSPS) is 21.9. The fraction of sp³-hybridized carbons (Fsp3) is 0.478. The topological polar surface area (TPSA) is 105 Å². The summed E-state index contributed by atoms with van der Waals surface area (Å²) >= 11 is 0. The Bertz CT molecular complexity index is 882. The van der Waals surface area contributed by atoms with Crippen molar-refractivity contribution in [3.05, 3.63) is 47.5 Å². The van der Waals surface area contributed by atoms with Gasteiger partial charge in [0, 0.05) is 6.54 Å². The maximum Gasteiger partial charge on any atom is 0.327 e. The van der Waals surface area contributed by atoms with Gasteiger partial charge in [-0.05, 0) is 51.5 Å². The fourth-order valence-electron chi connectivity index (χ4n) is 3.85. The number of urea groups is 1. The minimum Gasteiger partial charge on any atom is -0.451 e. The van der Waals surface area contributed by atoms with Crippen LogP contribution in [-0.4, -0.2) is 47.9 Å². The first-order valence-corrected chi connectivity index (χ1v) is 10.7. The highest BCUT2D eigenvalue weighted by atomic mass is 16.5. The predicted molar refractivity (Wildman–Crippen MR) is 114 cm³/mol. The molecule has 0 spiro atoms. The molecular formula is C23H29N3O5. The first-order valence-electron chi connectivity index (χ1n) is 10.7. The molecule has 2 N–H and O–H groups in total. The van der Waals surface area contributed by atoms with Gasteiger partial charge in [-0.15, -0.1) is 0 Å². The van der Waals surface area contributed by atoms with Crippen molar-refractivity contribution in [2.24, 2.45) is 0 Å². The summed E-state index contributed by atoms with van der Waals surface area (Å²) in [4.78, 5) is 50.5. The minimum absolute atomic E-state index is 0.406. The molecule has 2 aliphatic rings. The van der Waals surface area contributed by atoms with Crippen LogP contribution in [0.3, 0.4) is 0 Å². The Morgan fingerprint density at radius 1 is 1.23 bits per heavy atom. The van der Waals surface area contributed by atoms with Crippen LogP contribution in [0.4, 0.5) is 4.79 Å². The van der Waals surface area contributed by atoms with Crippen LogP contribution in [0.25, 0.3) is 0 Å². The first kappa shape index (κ1) is 22.5. The highest BCUT2D eigenvalue weighted by molar-refractivity contribution is 6.08. The molecule has 166 valence electrons. The number of carbonyl (C=O) groups is 4. The summed E-state index contributed by atoms with van der Waals surface area (Å²) < 4.78 is 5.15. The number of hydrogen-bond donors (Lipinski definition) is 2. The van der Waals surface area contributed by atoms with E-state index in [0.29, 0.717) is 12.1 Å². The van der Waals surface area contributed by atoms with Crippen LogP contribution in [0.15, 0.2) is 42.0 Å². The van der Waals surface area contributed by atoms with E-state index in [9.17, 15) is 19.2 Å². The molecule has 0 radical (unpaired) electrons. The first-order chi connectivity index (χ1) is 14.8. The molecule has 1 fully saturated rings. The van der Waals surface area contributed by atoms with Crippen molar-refractivity contribution in [2.75, 3.05) is 13.1 Å². The molecule has 1 heterocycles. The quantitative estimate of drug-likeness (QED) is 0.377. The van der Waals surface area contributed by atoms with Crippen molar-refractivity contribution < 1.29 is 23.9 Å². The fourth-order valence-corrected chi connectivity index (χ4v) is 3.85. The Balaban J connectivity index is 1.49. The zero-order valence-corrected chi connectivity index (χ0v) is 18.0. The van der Waals surface area contributed by atoms with Gasteiger partial charge in [0.2, 0.25) is 0 Å². The van der Waals surface area contributed by atoms with Crippen molar-refractivity contribution in [3.8, 4) is 0 Å². The number of rotatable bonds is 8. The summed E-state index contributed by atoms with van der Waals surface area (Å²) in [6.07, 6.45) is 6.53. The SMILES string of the molecule is C[C@@H](OC(=O)CN1C(=O)N[C@](C)(c2ccccc2)C1=O)C(=O)NCCC1=CCCCC1. The summed E-state index contributed by atoms with van der Waals surface area (Å²) in [6, 6.07) is 8.13. The van der Waals surface area contributed by atoms with Crippen LogP contribution in [0.5, 0.6) is 0 Å². The third-order valence-corrected chi connectivity index (χ3v) is 5.72. The third kappa shape index (κ3) is 5.31. The van der Waals surface area contributed by atoms with Crippen LogP contribution < -0.4 is 10.6 Å². The Kier molecular flexibility index (Phi) is 7.09. The molecule has 1 aliphatic carbocycles. The summed E-state index contributed by atoms with van der Waals surface area (Å²) in [5.74, 6) is -1.77. The van der Waals surface area contributed by atoms with E-state index in [1.54, 1.807) is 31.2 Å². The molecule has 0 aromatic heterocycles. The molecule has 8 heteroatoms. The summed E-state index contributed by atoms with van der Waals surface area (Å²) in [6.45, 7) is 2.98. The van der Waals surface area contributed by atoms with E-state index < -0.39 is 42.0 Å². The second-order valence-corrected chi connectivity index (χ2v) is 8.09. The molecular weight excluding hydrogens is 398 g/mol. The number of nitrogens with zero attached hydrogens (tertiary/aromatic N) is 1. The van der Waals surface area contributed by atoms with Gasteiger partial charge in [0.1, 0.15) is 12.1 Å². The number of benzene rings is 1. The molecule has 1 saturated heterocycles. The smallest absolute Gasteiger partial charge is 0.327 e. The van der Waals surface area contributed by atoms with Gasteiger partial charge in [0.25, 0.3) is 11.8 Å². The molecule has 0 bridgehead atoms. The monoisotopic (exact) mass is 427 g/mol. The van der Waals surface area contributed by atoms with Gasteiger partial charge >= 0.3 is 12.0 Å². The van der Waals surface area contributed by atoms with Crippen LogP contribution in [0, 0.1) is 0 Å². The number of allylic oxidation sites excluding steroid dienone is 1. The van der Waals surface area contributed by atoms with E-state index in [2.05, 4.69) is 16.7 Å². The Morgan fingerprint density at radius 3 is 2.65 bits per heavy atom. The maximum atomic E-state index is 12.8. The average molecular weight is 428 g/mol. The van der Waals surface area contributed by atoms with Crippen molar-refractivity contribution in [1.82, 2.24) is 15.5 Å². The highest BCUT2D eigenvalue weighted by Crippen LogP contribution is 2.28. The molecule has 0 saturated carbocycles. The van der Waals surface area contributed by atoms with Gasteiger partial charge in [-0.1, -0.05) is 42.0 Å². The second kappa shape index (κ2) is 9.76. The highest BCUT2D eigenvalue weighted by Gasteiger charge is 2.49. The number of carbonyl (C=O) groups excluding carboxylic acids is 4. The van der Waals surface area contributed by atoms with Crippen LogP contribution in [0.2, 0.25) is 0 Å². The number of imide groups is 1. The zero-order chi connectivity index (χ0) is 22.4. The standard InChI is InChI=1S/C23H29N3O5/c1-16(20(28)24-14-13-17-9-5-3-6-10-17)31-19(27)15-26-21(29)23(2,25-22(26)30)18-11-7-4-8-12-18/h4,7-9,11-12,16H,3,5-6,10,13-15H2,1-2H3,(H,24,28)(H,25,30)/t16-,23-/m1/s1.